The fourth-order valence-corrected chi connectivity index (χ4v) is 5.03. The molecule has 1 aliphatic carbocycles. The van der Waals surface area contributed by atoms with Crippen LogP contribution in [0.3, 0.4) is 0 Å². The Morgan fingerprint density at radius 3 is 1.90 bits per heavy atom. The van der Waals surface area contributed by atoms with E-state index in [1.807, 2.05) is 0 Å². The van der Waals surface area contributed by atoms with Gasteiger partial charge in [-0.05, 0) is 41.6 Å². The molecular formula is C20H20Si. The van der Waals surface area contributed by atoms with Crippen LogP contribution in [0.25, 0.3) is 0 Å². The van der Waals surface area contributed by atoms with Gasteiger partial charge < -0.3 is 0 Å². The van der Waals surface area contributed by atoms with Crippen LogP contribution >= 0.6 is 0 Å². The molecule has 0 heterocycles. The number of hydrogen-bond donors (Lipinski definition) is 0. The fraction of sp³-hybridized carbons (Fsp3) is 0.200. The van der Waals surface area contributed by atoms with Crippen molar-refractivity contribution >= 4 is 19.2 Å². The molecule has 0 nitrogen and oxygen atoms in total. The lowest BCUT2D eigenvalue weighted by atomic mass is 10.0. The van der Waals surface area contributed by atoms with Crippen LogP contribution in [0.4, 0.5) is 0 Å². The average molecular weight is 288 g/mol. The molecule has 0 atom stereocenters. The maximum absolute atomic E-state index is 3.64. The van der Waals surface area contributed by atoms with Crippen LogP contribution in [0.15, 0.2) is 72.3 Å². The van der Waals surface area contributed by atoms with Crippen molar-refractivity contribution in [3.05, 3.63) is 72.3 Å². The van der Waals surface area contributed by atoms with Gasteiger partial charge in [0.2, 0.25) is 0 Å². The Hall–Kier alpha value is -2.04. The number of benzene rings is 2. The van der Waals surface area contributed by atoms with Gasteiger partial charge in [-0.3, -0.25) is 0 Å². The van der Waals surface area contributed by atoms with Gasteiger partial charge in [0.25, 0.3) is 0 Å². The molecule has 0 bridgehead atoms. The zero-order chi connectivity index (χ0) is 14.3. The van der Waals surface area contributed by atoms with Crippen molar-refractivity contribution in [3.8, 4) is 11.5 Å². The number of allylic oxidation sites excluding steroid dienone is 2. The van der Waals surface area contributed by atoms with E-state index in [2.05, 4.69) is 78.2 Å². The zero-order valence-corrected chi connectivity index (χ0v) is 13.4. The van der Waals surface area contributed by atoms with Gasteiger partial charge >= 0.3 is 0 Å². The van der Waals surface area contributed by atoms with E-state index in [1.54, 1.807) is 0 Å². The van der Waals surface area contributed by atoms with E-state index in [1.165, 1.54) is 35.2 Å². The minimum atomic E-state index is -1.42. The molecule has 0 spiro atoms. The third-order valence-electron chi connectivity index (χ3n) is 3.93. The second-order valence-corrected chi connectivity index (χ2v) is 7.99. The smallest absolute Gasteiger partial charge is 0.119 e. The molecule has 104 valence electrons. The second kappa shape index (κ2) is 7.11. The first-order valence-electron chi connectivity index (χ1n) is 7.74. The molecule has 0 fully saturated rings. The molecule has 1 aliphatic rings. The van der Waals surface area contributed by atoms with E-state index in [0.29, 0.717) is 0 Å². The third kappa shape index (κ3) is 3.74. The molecule has 0 aliphatic heterocycles. The topological polar surface area (TPSA) is 0 Å². The van der Waals surface area contributed by atoms with E-state index < -0.39 is 8.80 Å². The van der Waals surface area contributed by atoms with Crippen molar-refractivity contribution in [3.63, 3.8) is 0 Å². The predicted octanol–water partition coefficient (Wildman–Crippen LogP) is 3.07. The van der Waals surface area contributed by atoms with Crippen molar-refractivity contribution in [2.75, 3.05) is 0 Å². The highest BCUT2D eigenvalue weighted by atomic mass is 28.3. The predicted molar refractivity (Wildman–Crippen MR) is 93.6 cm³/mol. The first-order valence-corrected chi connectivity index (χ1v) is 9.47. The average Bonchev–Trinajstić information content (AvgIpc) is 2.58. The van der Waals surface area contributed by atoms with E-state index in [-0.39, 0.29) is 0 Å². The lowest BCUT2D eigenvalue weighted by Gasteiger charge is -2.11. The van der Waals surface area contributed by atoms with Crippen LogP contribution < -0.4 is 10.4 Å². The Morgan fingerprint density at radius 1 is 0.762 bits per heavy atom. The summed E-state index contributed by atoms with van der Waals surface area (Å²) in [5, 5.41) is 2.82. The molecule has 0 unspecified atom stereocenters. The summed E-state index contributed by atoms with van der Waals surface area (Å²) in [5.74, 6) is 3.49. The molecule has 0 amide bonds. The lowest BCUT2D eigenvalue weighted by Crippen LogP contribution is -2.41. The molecule has 0 aromatic heterocycles. The van der Waals surface area contributed by atoms with Crippen molar-refractivity contribution in [2.45, 2.75) is 25.7 Å². The van der Waals surface area contributed by atoms with Gasteiger partial charge in [-0.25, -0.2) is 0 Å². The largest absolute Gasteiger partial charge is 0.184 e. The van der Waals surface area contributed by atoms with Gasteiger partial charge in [0.15, 0.2) is 8.80 Å². The standard InChI is InChI=1S/C20H20Si/c1-4-10-18(11-5-1)16-17-21(19-12-6-2-7-13-19)20-14-8-3-9-15-20/h2-3,6-10,12-15,21H,1,4-5,11H2. The zero-order valence-electron chi connectivity index (χ0n) is 12.3. The van der Waals surface area contributed by atoms with Gasteiger partial charge in [-0.2, -0.15) is 0 Å². The Morgan fingerprint density at radius 2 is 1.38 bits per heavy atom. The van der Waals surface area contributed by atoms with Crippen LogP contribution in [0.1, 0.15) is 25.7 Å². The van der Waals surface area contributed by atoms with E-state index in [0.717, 1.165) is 6.42 Å². The molecule has 0 radical (unpaired) electrons. The summed E-state index contributed by atoms with van der Waals surface area (Å²) >= 11 is 0. The maximum atomic E-state index is 3.64. The third-order valence-corrected chi connectivity index (χ3v) is 6.47. The Balaban J connectivity index is 1.94. The first-order chi connectivity index (χ1) is 10.4. The summed E-state index contributed by atoms with van der Waals surface area (Å²) in [6.07, 6.45) is 7.31. The fourth-order valence-electron chi connectivity index (χ4n) is 2.77. The van der Waals surface area contributed by atoms with Crippen molar-refractivity contribution < 1.29 is 0 Å². The summed E-state index contributed by atoms with van der Waals surface area (Å²) in [5.41, 5.74) is 5.00. The van der Waals surface area contributed by atoms with Crippen molar-refractivity contribution in [1.29, 1.82) is 0 Å². The van der Waals surface area contributed by atoms with Crippen LogP contribution in [-0.4, -0.2) is 8.80 Å². The van der Waals surface area contributed by atoms with Gasteiger partial charge in [0, 0.05) is 0 Å². The molecule has 21 heavy (non-hydrogen) atoms. The summed E-state index contributed by atoms with van der Waals surface area (Å²) in [6.45, 7) is 0. The lowest BCUT2D eigenvalue weighted by molar-refractivity contribution is 0.715. The van der Waals surface area contributed by atoms with E-state index >= 15 is 0 Å². The molecule has 2 aromatic carbocycles. The van der Waals surface area contributed by atoms with Crippen LogP contribution in [-0.2, 0) is 0 Å². The highest BCUT2D eigenvalue weighted by molar-refractivity contribution is 6.91. The quantitative estimate of drug-likeness (QED) is 0.588. The van der Waals surface area contributed by atoms with Crippen LogP contribution in [0.5, 0.6) is 0 Å². The molecule has 0 saturated heterocycles. The molecule has 0 saturated carbocycles. The van der Waals surface area contributed by atoms with Gasteiger partial charge in [-0.15, -0.1) is 5.54 Å². The summed E-state index contributed by atoms with van der Waals surface area (Å²) < 4.78 is 0. The first kappa shape index (κ1) is 13.9. The molecule has 2 aromatic rings. The monoisotopic (exact) mass is 288 g/mol. The number of hydrogen-bond acceptors (Lipinski definition) is 0. The van der Waals surface area contributed by atoms with Crippen molar-refractivity contribution in [2.24, 2.45) is 0 Å². The van der Waals surface area contributed by atoms with Gasteiger partial charge in [-0.1, -0.05) is 72.7 Å². The summed E-state index contributed by atoms with van der Waals surface area (Å²) in [4.78, 5) is 0. The van der Waals surface area contributed by atoms with Crippen LogP contribution in [0.2, 0.25) is 0 Å². The van der Waals surface area contributed by atoms with Gasteiger partial charge in [0.05, 0.1) is 0 Å². The Labute approximate surface area is 129 Å². The molecule has 0 N–H and O–H groups in total. The Kier molecular flexibility index (Phi) is 4.71. The molecule has 3 rings (SSSR count). The second-order valence-electron chi connectivity index (χ2n) is 5.50. The maximum Gasteiger partial charge on any atom is 0.184 e. The molecular weight excluding hydrogens is 268 g/mol. The number of rotatable bonds is 2. The highest BCUT2D eigenvalue weighted by Crippen LogP contribution is 2.16. The van der Waals surface area contributed by atoms with Crippen LogP contribution in [0, 0.1) is 11.5 Å². The van der Waals surface area contributed by atoms with Gasteiger partial charge in [0.1, 0.15) is 0 Å². The summed E-state index contributed by atoms with van der Waals surface area (Å²) in [7, 11) is -1.42. The minimum Gasteiger partial charge on any atom is -0.119 e. The van der Waals surface area contributed by atoms with Crippen molar-refractivity contribution in [1.82, 2.24) is 0 Å². The highest BCUT2D eigenvalue weighted by Gasteiger charge is 2.13. The Bertz CT molecular complexity index is 620. The normalized spacial score (nSPS) is 14.2. The SMILES string of the molecule is C(#C[SiH](c1ccccc1)c1ccccc1)C1=CCCCC1. The van der Waals surface area contributed by atoms with E-state index in [9.17, 15) is 0 Å². The minimum absolute atomic E-state index is 1.16. The van der Waals surface area contributed by atoms with E-state index in [4.69, 9.17) is 0 Å². The summed E-state index contributed by atoms with van der Waals surface area (Å²) in [6, 6.07) is 21.6. The molecule has 1 heteroatoms.